The van der Waals surface area contributed by atoms with Crippen LogP contribution in [0.5, 0.6) is 0 Å². The molecule has 0 atom stereocenters. The number of amides is 1. The minimum absolute atomic E-state index is 0.0162. The second kappa shape index (κ2) is 7.48. The van der Waals surface area contributed by atoms with Crippen LogP contribution >= 0.6 is 25.3 Å². The first kappa shape index (κ1) is 15.1. The van der Waals surface area contributed by atoms with Crippen LogP contribution in [-0.2, 0) is 0 Å². The number of hydrogen-bond acceptors (Lipinski definition) is 4. The zero-order valence-corrected chi connectivity index (χ0v) is 12.0. The molecule has 1 aromatic carbocycles. The number of benzene rings is 1. The molecule has 1 amide bonds. The van der Waals surface area contributed by atoms with Gasteiger partial charge in [0.2, 0.25) is 0 Å². The lowest BCUT2D eigenvalue weighted by Gasteiger charge is -2.10. The van der Waals surface area contributed by atoms with Gasteiger partial charge in [-0.1, -0.05) is 12.1 Å². The molecule has 1 N–H and O–H groups in total. The number of Topliss-reactive ketones (excluding diaryl/α,β-unsaturated/α-hetero) is 1. The predicted octanol–water partition coefficient (Wildman–Crippen LogP) is 2.09. The lowest BCUT2D eigenvalue weighted by molar-refractivity contribution is 0.0937. The molecule has 0 unspecified atom stereocenters. The Morgan fingerprint density at radius 1 is 1.11 bits per heavy atom. The van der Waals surface area contributed by atoms with Crippen LogP contribution in [0.15, 0.2) is 24.3 Å². The molecule has 98 valence electrons. The van der Waals surface area contributed by atoms with E-state index in [2.05, 4.69) is 30.6 Å². The van der Waals surface area contributed by atoms with Gasteiger partial charge in [0, 0.05) is 35.1 Å². The molecule has 0 aliphatic carbocycles. The summed E-state index contributed by atoms with van der Waals surface area (Å²) in [7, 11) is 0. The second-order valence-corrected chi connectivity index (χ2v) is 4.59. The summed E-state index contributed by atoms with van der Waals surface area (Å²) in [5.41, 5.74) is 1.15. The number of ketones is 1. The zero-order valence-electron chi connectivity index (χ0n) is 10.2. The van der Waals surface area contributed by atoms with Gasteiger partial charge in [-0.2, -0.15) is 25.3 Å². The Morgan fingerprint density at radius 2 is 1.61 bits per heavy atom. The van der Waals surface area contributed by atoms with E-state index in [0.717, 1.165) is 0 Å². The van der Waals surface area contributed by atoms with Crippen LogP contribution in [0.3, 0.4) is 0 Å². The maximum atomic E-state index is 12.0. The Hall–Kier alpha value is -0.940. The van der Waals surface area contributed by atoms with Gasteiger partial charge in [-0.15, -0.1) is 0 Å². The second-order valence-electron chi connectivity index (χ2n) is 3.86. The Kier molecular flexibility index (Phi) is 6.29. The van der Waals surface area contributed by atoms with E-state index in [1.54, 1.807) is 24.3 Å². The van der Waals surface area contributed by atoms with Crippen LogP contribution in [-0.4, -0.2) is 29.7 Å². The fraction of sp³-hybridized carbons (Fsp3) is 0.385. The molecule has 0 radical (unpaired) electrons. The van der Waals surface area contributed by atoms with Gasteiger partial charge in [-0.05, 0) is 19.1 Å². The highest BCUT2D eigenvalue weighted by Crippen LogP contribution is 2.13. The minimum atomic E-state index is -0.188. The SMILES string of the molecule is CCNC(=O)c1ccc(C(=O)C(CS)CS)cc1. The average molecular weight is 283 g/mol. The van der Waals surface area contributed by atoms with Crippen LogP contribution in [0.25, 0.3) is 0 Å². The lowest BCUT2D eigenvalue weighted by atomic mass is 9.99. The third kappa shape index (κ3) is 3.78. The molecule has 0 aromatic heterocycles. The van der Waals surface area contributed by atoms with E-state index in [1.165, 1.54) is 0 Å². The molecular formula is C13H17NO2S2. The first-order valence-corrected chi connectivity index (χ1v) is 7.04. The maximum absolute atomic E-state index is 12.0. The van der Waals surface area contributed by atoms with Crippen molar-refractivity contribution in [3.8, 4) is 0 Å². The number of carbonyl (C=O) groups is 2. The Bertz CT molecular complexity index is 414. The predicted molar refractivity (Wildman–Crippen MR) is 80.0 cm³/mol. The van der Waals surface area contributed by atoms with E-state index in [4.69, 9.17) is 0 Å². The first-order chi connectivity index (χ1) is 8.63. The molecule has 3 nitrogen and oxygen atoms in total. The average Bonchev–Trinajstić information content (AvgIpc) is 2.40. The van der Waals surface area contributed by atoms with E-state index in [-0.39, 0.29) is 17.6 Å². The topological polar surface area (TPSA) is 46.2 Å². The van der Waals surface area contributed by atoms with E-state index in [1.807, 2.05) is 6.92 Å². The number of rotatable bonds is 6. The van der Waals surface area contributed by atoms with Crippen LogP contribution in [0, 0.1) is 5.92 Å². The quantitative estimate of drug-likeness (QED) is 0.553. The zero-order chi connectivity index (χ0) is 13.5. The summed E-state index contributed by atoms with van der Waals surface area (Å²) in [5, 5.41) is 2.71. The monoisotopic (exact) mass is 283 g/mol. The molecule has 0 aliphatic rings. The van der Waals surface area contributed by atoms with Gasteiger partial charge in [0.05, 0.1) is 0 Å². The van der Waals surface area contributed by atoms with Gasteiger partial charge < -0.3 is 5.32 Å². The molecule has 0 heterocycles. The number of nitrogens with one attached hydrogen (secondary N) is 1. The highest BCUT2D eigenvalue weighted by atomic mass is 32.1. The van der Waals surface area contributed by atoms with E-state index in [9.17, 15) is 9.59 Å². The summed E-state index contributed by atoms with van der Waals surface area (Å²) in [6.07, 6.45) is 0. The van der Waals surface area contributed by atoms with Gasteiger partial charge in [0.25, 0.3) is 5.91 Å². The van der Waals surface area contributed by atoms with Gasteiger partial charge in [-0.25, -0.2) is 0 Å². The molecule has 0 saturated carbocycles. The third-order valence-electron chi connectivity index (χ3n) is 2.58. The van der Waals surface area contributed by atoms with E-state index >= 15 is 0 Å². The smallest absolute Gasteiger partial charge is 0.251 e. The highest BCUT2D eigenvalue weighted by Gasteiger charge is 2.17. The van der Waals surface area contributed by atoms with Gasteiger partial charge >= 0.3 is 0 Å². The summed E-state index contributed by atoms with van der Waals surface area (Å²) in [6, 6.07) is 6.66. The van der Waals surface area contributed by atoms with Crippen molar-refractivity contribution >= 4 is 36.9 Å². The van der Waals surface area contributed by atoms with Crippen molar-refractivity contribution in [3.05, 3.63) is 35.4 Å². The fourth-order valence-corrected chi connectivity index (χ4v) is 2.30. The van der Waals surface area contributed by atoms with Crippen molar-refractivity contribution in [1.82, 2.24) is 5.32 Å². The summed E-state index contributed by atoms with van der Waals surface area (Å²) in [6.45, 7) is 2.45. The Balaban J connectivity index is 2.82. The molecule has 1 rings (SSSR count). The largest absolute Gasteiger partial charge is 0.352 e. The molecule has 0 bridgehead atoms. The molecule has 18 heavy (non-hydrogen) atoms. The summed E-state index contributed by atoms with van der Waals surface area (Å²) >= 11 is 8.26. The van der Waals surface area contributed by atoms with Crippen LogP contribution in [0.2, 0.25) is 0 Å². The van der Waals surface area contributed by atoms with Crippen molar-refractivity contribution in [3.63, 3.8) is 0 Å². The van der Waals surface area contributed by atoms with Gasteiger partial charge in [-0.3, -0.25) is 9.59 Å². The van der Waals surface area contributed by atoms with Crippen molar-refractivity contribution < 1.29 is 9.59 Å². The molecular weight excluding hydrogens is 266 g/mol. The summed E-state index contributed by atoms with van der Waals surface area (Å²) < 4.78 is 0. The van der Waals surface area contributed by atoms with Crippen LogP contribution < -0.4 is 5.32 Å². The molecule has 0 saturated heterocycles. The maximum Gasteiger partial charge on any atom is 0.251 e. The molecule has 0 aliphatic heterocycles. The van der Waals surface area contributed by atoms with Crippen LogP contribution in [0.4, 0.5) is 0 Å². The van der Waals surface area contributed by atoms with Crippen molar-refractivity contribution in [2.45, 2.75) is 6.92 Å². The molecule has 5 heteroatoms. The Labute approximate surface area is 118 Å². The van der Waals surface area contributed by atoms with Gasteiger partial charge in [0.1, 0.15) is 0 Å². The number of carbonyl (C=O) groups excluding carboxylic acids is 2. The normalized spacial score (nSPS) is 10.4. The lowest BCUT2D eigenvalue weighted by Crippen LogP contribution is -2.23. The van der Waals surface area contributed by atoms with E-state index in [0.29, 0.717) is 29.2 Å². The van der Waals surface area contributed by atoms with E-state index < -0.39 is 0 Å². The first-order valence-electron chi connectivity index (χ1n) is 5.78. The standard InChI is InChI=1S/C13H17NO2S2/c1-2-14-13(16)10-5-3-9(4-6-10)12(15)11(7-17)8-18/h3-6,11,17-18H,2,7-8H2,1H3,(H,14,16). The fourth-order valence-electron chi connectivity index (χ4n) is 1.51. The molecule has 1 aromatic rings. The van der Waals surface area contributed by atoms with Crippen molar-refractivity contribution in [2.75, 3.05) is 18.1 Å². The van der Waals surface area contributed by atoms with Crippen LogP contribution in [0.1, 0.15) is 27.6 Å². The number of thiol groups is 2. The van der Waals surface area contributed by atoms with Crippen molar-refractivity contribution in [2.24, 2.45) is 5.92 Å². The summed E-state index contributed by atoms with van der Waals surface area (Å²) in [5.74, 6) is 0.645. The molecule has 0 fully saturated rings. The van der Waals surface area contributed by atoms with Gasteiger partial charge in [0.15, 0.2) is 5.78 Å². The third-order valence-corrected chi connectivity index (χ3v) is 3.46. The molecule has 0 spiro atoms. The highest BCUT2D eigenvalue weighted by molar-refractivity contribution is 7.81. The number of hydrogen-bond donors (Lipinski definition) is 3. The minimum Gasteiger partial charge on any atom is -0.352 e. The Morgan fingerprint density at radius 3 is 2.06 bits per heavy atom. The van der Waals surface area contributed by atoms with Crippen molar-refractivity contribution in [1.29, 1.82) is 0 Å². The summed E-state index contributed by atoms with van der Waals surface area (Å²) in [4.78, 5) is 23.6.